The highest BCUT2D eigenvalue weighted by Gasteiger charge is 2.38. The molecule has 0 aliphatic rings. The number of benzene rings is 2. The van der Waals surface area contributed by atoms with Gasteiger partial charge in [-0.2, -0.15) is 0 Å². The van der Waals surface area contributed by atoms with E-state index in [0.29, 0.717) is 11.5 Å². The van der Waals surface area contributed by atoms with Gasteiger partial charge in [0.25, 0.3) is 0 Å². The topological polar surface area (TPSA) is 93.3 Å². The van der Waals surface area contributed by atoms with Crippen LogP contribution < -0.4 is 15.5 Å². The molecule has 0 unspecified atom stereocenters. The summed E-state index contributed by atoms with van der Waals surface area (Å²) in [5, 5.41) is 12.3. The third-order valence-electron chi connectivity index (χ3n) is 4.83. The Morgan fingerprint density at radius 2 is 1.60 bits per heavy atom. The molecule has 3 rings (SSSR count). The number of nitrogens with two attached hydrogens (primary N) is 1. The third-order valence-corrected chi connectivity index (χ3v) is 9.37. The fourth-order valence-corrected chi connectivity index (χ4v) is 3.26. The summed E-state index contributed by atoms with van der Waals surface area (Å²) < 4.78 is 6.25. The van der Waals surface area contributed by atoms with Crippen LogP contribution in [-0.2, 0) is 0 Å². The summed E-state index contributed by atoms with van der Waals surface area (Å²) in [4.78, 5) is 7.96. The summed E-state index contributed by atoms with van der Waals surface area (Å²) in [5.41, 5.74) is 6.91. The van der Waals surface area contributed by atoms with E-state index in [9.17, 15) is 0 Å². The number of nitrogens with zero attached hydrogens (tertiary/aromatic N) is 2. The van der Waals surface area contributed by atoms with Gasteiger partial charge in [0.05, 0.1) is 0 Å². The quantitative estimate of drug-likeness (QED) is 0.191. The zero-order chi connectivity index (χ0) is 22.4. The van der Waals surface area contributed by atoms with Gasteiger partial charge in [0.2, 0.25) is 13.6 Å². The molecule has 0 fully saturated rings. The summed E-state index contributed by atoms with van der Waals surface area (Å²) in [6.07, 6.45) is 1.62. The summed E-state index contributed by atoms with van der Waals surface area (Å²) in [6.45, 7) is 11.2. The molecule has 6 nitrogen and oxygen atoms in total. The van der Waals surface area contributed by atoms with Crippen LogP contribution in [0.2, 0.25) is 23.4 Å². The molecule has 0 spiro atoms. The van der Waals surface area contributed by atoms with Gasteiger partial charge in [0.15, 0.2) is 0 Å². The molecule has 4 N–H and O–H groups in total. The molecule has 30 heavy (non-hydrogen) atoms. The number of hydrogen-bond acceptors (Lipinski definition) is 6. The van der Waals surface area contributed by atoms with E-state index >= 15 is 0 Å². The van der Waals surface area contributed by atoms with Crippen molar-refractivity contribution in [3.05, 3.63) is 66.1 Å². The Kier molecular flexibility index (Phi) is 7.69. The predicted octanol–water partition coefficient (Wildman–Crippen LogP) is 6.23. The second kappa shape index (κ2) is 9.82. The zero-order valence-electron chi connectivity index (χ0n) is 18.0. The number of phenolic OH excluding ortho intramolecular Hbond substituents is 1. The molecule has 1 aromatic heterocycles. The zero-order valence-corrected chi connectivity index (χ0v) is 19.7. The fraction of sp³-hybridized carbons (Fsp3) is 0.273. The monoisotopic (exact) mass is 444 g/mol. The molecule has 0 radical (unpaired) electrons. The summed E-state index contributed by atoms with van der Waals surface area (Å²) in [5.74, 6) is 1.81. The number of aromatic nitrogens is 2. The van der Waals surface area contributed by atoms with E-state index in [1.165, 1.54) is 0 Å². The lowest BCUT2D eigenvalue weighted by atomic mass is 10.2. The highest BCUT2D eigenvalue weighted by atomic mass is 35.5. The molecule has 0 saturated heterocycles. The Labute approximate surface area is 184 Å². The van der Waals surface area contributed by atoms with Crippen LogP contribution in [0.25, 0.3) is 0 Å². The Hall–Kier alpha value is -2.77. The van der Waals surface area contributed by atoms with Crippen LogP contribution in [0.15, 0.2) is 60.8 Å². The Balaban J connectivity index is 0.000000335. The first-order valence-corrected chi connectivity index (χ1v) is 12.8. The molecule has 0 amide bonds. The molecule has 0 bridgehead atoms. The van der Waals surface area contributed by atoms with Crippen molar-refractivity contribution in [3.63, 3.8) is 0 Å². The lowest BCUT2D eigenvalue weighted by Crippen LogP contribution is -2.43. The minimum atomic E-state index is -1.80. The number of phenols is 1. The number of nitrogens with one attached hydrogen (secondary N) is 1. The Morgan fingerprint density at radius 3 is 2.10 bits per heavy atom. The number of aromatic hydroxyl groups is 1. The van der Waals surface area contributed by atoms with Gasteiger partial charge in [-0.1, -0.05) is 20.8 Å². The summed E-state index contributed by atoms with van der Waals surface area (Å²) in [7, 11) is -1.80. The summed E-state index contributed by atoms with van der Waals surface area (Å²) in [6, 6.07) is 16.1. The van der Waals surface area contributed by atoms with Crippen molar-refractivity contribution in [3.8, 4) is 11.5 Å². The number of hydrogen-bond donors (Lipinski definition) is 3. The smallest absolute Gasteiger partial charge is 0.250 e. The average Bonchev–Trinajstić information content (AvgIpc) is 2.65. The van der Waals surface area contributed by atoms with Gasteiger partial charge in [-0.15, -0.1) is 0 Å². The second-order valence-corrected chi connectivity index (χ2v) is 13.4. The van der Waals surface area contributed by atoms with E-state index < -0.39 is 8.32 Å². The lowest BCUT2D eigenvalue weighted by molar-refractivity contribution is 0.475. The van der Waals surface area contributed by atoms with Gasteiger partial charge in [0, 0.05) is 17.6 Å². The average molecular weight is 445 g/mol. The lowest BCUT2D eigenvalue weighted by Gasteiger charge is -2.36. The minimum absolute atomic E-state index is 0.182. The van der Waals surface area contributed by atoms with Gasteiger partial charge in [-0.3, -0.25) is 0 Å². The van der Waals surface area contributed by atoms with Crippen molar-refractivity contribution < 1.29 is 9.53 Å². The molecule has 1 heterocycles. The number of anilines is 3. The van der Waals surface area contributed by atoms with Gasteiger partial charge < -0.3 is 20.6 Å². The van der Waals surface area contributed by atoms with E-state index in [1.807, 2.05) is 24.3 Å². The first-order chi connectivity index (χ1) is 14.0. The van der Waals surface area contributed by atoms with Gasteiger partial charge in [-0.25, -0.2) is 9.97 Å². The van der Waals surface area contributed by atoms with Gasteiger partial charge in [-0.05, 0) is 84.3 Å². The standard InChI is InChI=1S/C16H22ClN3OSi.C6H7NO/c1-16(2,3)22(4,5)21-13-8-6-12(7-9-13)19-14-10-11-18-15(17)20-14;7-5-1-3-6(8)4-2-5/h6-11H,1-5H3,(H,18,19,20);1-4,8H,7H2. The van der Waals surface area contributed by atoms with E-state index in [2.05, 4.69) is 49.1 Å². The van der Waals surface area contributed by atoms with E-state index in [0.717, 1.165) is 11.4 Å². The van der Waals surface area contributed by atoms with Crippen LogP contribution >= 0.6 is 11.6 Å². The van der Waals surface area contributed by atoms with E-state index in [1.54, 1.807) is 36.5 Å². The molecular weight excluding hydrogens is 416 g/mol. The Morgan fingerprint density at radius 1 is 1.00 bits per heavy atom. The first-order valence-electron chi connectivity index (χ1n) is 9.55. The third kappa shape index (κ3) is 7.24. The molecular formula is C22H29ClN4O2Si. The molecule has 2 aromatic carbocycles. The number of rotatable bonds is 4. The predicted molar refractivity (Wildman–Crippen MR) is 127 cm³/mol. The summed E-state index contributed by atoms with van der Waals surface area (Å²) >= 11 is 5.77. The van der Waals surface area contributed by atoms with Crippen molar-refractivity contribution >= 4 is 37.1 Å². The molecule has 160 valence electrons. The molecule has 8 heteroatoms. The van der Waals surface area contributed by atoms with Crippen LogP contribution in [0.5, 0.6) is 11.5 Å². The second-order valence-electron chi connectivity index (χ2n) is 8.31. The minimum Gasteiger partial charge on any atom is -0.544 e. The first kappa shape index (κ1) is 23.5. The fourth-order valence-electron chi connectivity index (χ4n) is 2.08. The maximum Gasteiger partial charge on any atom is 0.250 e. The van der Waals surface area contributed by atoms with Crippen molar-refractivity contribution in [1.29, 1.82) is 0 Å². The van der Waals surface area contributed by atoms with Crippen LogP contribution in [-0.4, -0.2) is 23.4 Å². The van der Waals surface area contributed by atoms with Crippen LogP contribution in [0.4, 0.5) is 17.2 Å². The maximum atomic E-state index is 8.70. The van der Waals surface area contributed by atoms with E-state index in [4.69, 9.17) is 26.9 Å². The molecule has 0 saturated carbocycles. The molecule has 0 atom stereocenters. The largest absolute Gasteiger partial charge is 0.544 e. The van der Waals surface area contributed by atoms with Gasteiger partial charge >= 0.3 is 0 Å². The SMILES string of the molecule is CC(C)(C)[Si](C)(C)Oc1ccc(Nc2ccnc(Cl)n2)cc1.Nc1ccc(O)cc1. The van der Waals surface area contributed by atoms with Crippen molar-refractivity contribution in [2.24, 2.45) is 0 Å². The maximum absolute atomic E-state index is 8.70. The van der Waals surface area contributed by atoms with Crippen molar-refractivity contribution in [2.75, 3.05) is 11.1 Å². The van der Waals surface area contributed by atoms with E-state index in [-0.39, 0.29) is 16.1 Å². The number of halogens is 1. The normalized spacial score (nSPS) is 11.3. The highest BCUT2D eigenvalue weighted by Crippen LogP contribution is 2.37. The van der Waals surface area contributed by atoms with Crippen molar-refractivity contribution in [2.45, 2.75) is 38.9 Å². The highest BCUT2D eigenvalue weighted by molar-refractivity contribution is 6.74. The molecule has 0 aliphatic carbocycles. The number of nitrogen functional groups attached to an aromatic ring is 1. The van der Waals surface area contributed by atoms with Crippen molar-refractivity contribution in [1.82, 2.24) is 9.97 Å². The molecule has 3 aromatic rings. The molecule has 0 aliphatic heterocycles. The Bertz CT molecular complexity index is 922. The van der Waals surface area contributed by atoms with Crippen LogP contribution in [0, 0.1) is 0 Å². The van der Waals surface area contributed by atoms with Crippen LogP contribution in [0.1, 0.15) is 20.8 Å². The van der Waals surface area contributed by atoms with Gasteiger partial charge in [0.1, 0.15) is 17.3 Å². The van der Waals surface area contributed by atoms with Crippen LogP contribution in [0.3, 0.4) is 0 Å².